The smallest absolute Gasteiger partial charge is 0.308 e. The van der Waals surface area contributed by atoms with Crippen molar-refractivity contribution in [1.82, 2.24) is 4.90 Å². The molecule has 1 rings (SSSR count). The zero-order valence-corrected chi connectivity index (χ0v) is 8.90. The fourth-order valence-corrected chi connectivity index (χ4v) is 1.58. The second-order valence-electron chi connectivity index (χ2n) is 4.15. The Morgan fingerprint density at radius 1 is 1.47 bits per heavy atom. The van der Waals surface area contributed by atoms with E-state index in [2.05, 4.69) is 0 Å². The van der Waals surface area contributed by atoms with Crippen LogP contribution in [0.2, 0.25) is 0 Å². The van der Waals surface area contributed by atoms with Crippen molar-refractivity contribution in [3.05, 3.63) is 0 Å². The largest absolute Gasteiger partial charge is 0.481 e. The number of hydrogen-bond acceptors (Lipinski definition) is 3. The average Bonchev–Trinajstić information content (AvgIpc) is 2.10. The summed E-state index contributed by atoms with van der Waals surface area (Å²) in [6, 6.07) is 0. The molecule has 1 atom stereocenters. The van der Waals surface area contributed by atoms with Crippen LogP contribution in [0.25, 0.3) is 0 Å². The van der Waals surface area contributed by atoms with E-state index in [1.165, 1.54) is 6.92 Å². The topological polar surface area (TPSA) is 74.7 Å². The summed E-state index contributed by atoms with van der Waals surface area (Å²) in [6.45, 7) is 3.31. The van der Waals surface area contributed by atoms with Crippen molar-refractivity contribution in [3.8, 4) is 0 Å². The number of amides is 2. The van der Waals surface area contributed by atoms with E-state index in [1.54, 1.807) is 0 Å². The van der Waals surface area contributed by atoms with E-state index in [0.717, 1.165) is 4.90 Å². The highest BCUT2D eigenvalue weighted by atomic mass is 16.4. The maximum Gasteiger partial charge on any atom is 0.308 e. The lowest BCUT2D eigenvalue weighted by molar-refractivity contribution is -0.152. The Labute approximate surface area is 88.1 Å². The van der Waals surface area contributed by atoms with Crippen LogP contribution in [0.5, 0.6) is 0 Å². The van der Waals surface area contributed by atoms with E-state index in [1.807, 2.05) is 6.92 Å². The maximum absolute atomic E-state index is 11.5. The third-order valence-electron chi connectivity index (χ3n) is 2.53. The fraction of sp³-hybridized carbons (Fsp3) is 0.700. The molecular formula is C10H15NO4. The van der Waals surface area contributed by atoms with Gasteiger partial charge in [-0.1, -0.05) is 13.8 Å². The van der Waals surface area contributed by atoms with Crippen LogP contribution in [0.15, 0.2) is 0 Å². The number of hydrogen-bond donors (Lipinski definition) is 1. The molecule has 84 valence electrons. The van der Waals surface area contributed by atoms with Crippen molar-refractivity contribution < 1.29 is 19.5 Å². The highest BCUT2D eigenvalue weighted by Crippen LogP contribution is 2.19. The van der Waals surface area contributed by atoms with Crippen LogP contribution in [-0.2, 0) is 14.4 Å². The van der Waals surface area contributed by atoms with Gasteiger partial charge in [-0.05, 0) is 5.92 Å². The van der Waals surface area contributed by atoms with Gasteiger partial charge in [0, 0.05) is 19.4 Å². The van der Waals surface area contributed by atoms with Gasteiger partial charge in [-0.15, -0.1) is 0 Å². The molecule has 0 saturated carbocycles. The van der Waals surface area contributed by atoms with Crippen LogP contribution in [0.4, 0.5) is 0 Å². The monoisotopic (exact) mass is 213 g/mol. The molecule has 2 amide bonds. The minimum Gasteiger partial charge on any atom is -0.481 e. The lowest BCUT2D eigenvalue weighted by atomic mass is 9.97. The Morgan fingerprint density at radius 3 is 2.33 bits per heavy atom. The Bertz CT molecular complexity index is 282. The van der Waals surface area contributed by atoms with Gasteiger partial charge in [0.1, 0.15) is 0 Å². The van der Waals surface area contributed by atoms with Gasteiger partial charge < -0.3 is 5.11 Å². The van der Waals surface area contributed by atoms with Crippen molar-refractivity contribution >= 4 is 17.8 Å². The van der Waals surface area contributed by atoms with Gasteiger partial charge in [0.05, 0.1) is 5.92 Å². The maximum atomic E-state index is 11.5. The molecule has 5 nitrogen and oxygen atoms in total. The number of rotatable bonds is 3. The minimum atomic E-state index is -0.991. The number of imide groups is 1. The Hall–Kier alpha value is -1.39. The first kappa shape index (κ1) is 11.7. The number of carboxylic acids is 1. The molecule has 0 bridgehead atoms. The quantitative estimate of drug-likeness (QED) is 0.692. The first-order valence-corrected chi connectivity index (χ1v) is 4.97. The summed E-state index contributed by atoms with van der Waals surface area (Å²) in [6.07, 6.45) is 0.663. The van der Waals surface area contributed by atoms with E-state index in [-0.39, 0.29) is 24.3 Å². The number of piperidine rings is 1. The van der Waals surface area contributed by atoms with Crippen LogP contribution in [0.3, 0.4) is 0 Å². The summed E-state index contributed by atoms with van der Waals surface area (Å²) in [4.78, 5) is 34.6. The zero-order chi connectivity index (χ0) is 11.6. The second-order valence-corrected chi connectivity index (χ2v) is 4.15. The van der Waals surface area contributed by atoms with E-state index < -0.39 is 11.9 Å². The lowest BCUT2D eigenvalue weighted by Crippen LogP contribution is -2.45. The number of aliphatic carboxylic acids is 1. The van der Waals surface area contributed by atoms with E-state index in [0.29, 0.717) is 12.8 Å². The van der Waals surface area contributed by atoms with Crippen LogP contribution >= 0.6 is 0 Å². The highest BCUT2D eigenvalue weighted by molar-refractivity contribution is 5.98. The molecule has 0 spiro atoms. The standard InChI is InChI=1S/C10H15NO4/c1-6-3-8(12)11(9(13)4-6)5-7(2)10(14)15/h6-7H,3-5H2,1-2H3,(H,14,15). The van der Waals surface area contributed by atoms with Crippen molar-refractivity contribution in [1.29, 1.82) is 0 Å². The summed E-state index contributed by atoms with van der Waals surface area (Å²) in [5, 5.41) is 8.69. The molecule has 15 heavy (non-hydrogen) atoms. The molecule has 0 aliphatic carbocycles. The van der Waals surface area contributed by atoms with Gasteiger partial charge >= 0.3 is 5.97 Å². The van der Waals surface area contributed by atoms with Crippen LogP contribution in [0.1, 0.15) is 26.7 Å². The number of likely N-dealkylation sites (tertiary alicyclic amines) is 1. The minimum absolute atomic E-state index is 0.0142. The third kappa shape index (κ3) is 2.78. The SMILES string of the molecule is CC1CC(=O)N(CC(C)C(=O)O)C(=O)C1. The molecule has 0 aromatic rings. The van der Waals surface area contributed by atoms with Gasteiger partial charge in [0.2, 0.25) is 11.8 Å². The first-order chi connectivity index (χ1) is 6.91. The lowest BCUT2D eigenvalue weighted by Gasteiger charge is -2.29. The summed E-state index contributed by atoms with van der Waals surface area (Å²) in [7, 11) is 0. The van der Waals surface area contributed by atoms with Crippen LogP contribution in [-0.4, -0.2) is 34.3 Å². The highest BCUT2D eigenvalue weighted by Gasteiger charge is 2.32. The molecule has 1 heterocycles. The summed E-state index contributed by atoms with van der Waals surface area (Å²) in [5.41, 5.74) is 0. The number of carboxylic acid groups (broad SMARTS) is 1. The molecule has 1 saturated heterocycles. The summed E-state index contributed by atoms with van der Waals surface area (Å²) >= 11 is 0. The second kappa shape index (κ2) is 4.42. The summed E-state index contributed by atoms with van der Waals surface area (Å²) in [5.74, 6) is -2.14. The molecular weight excluding hydrogens is 198 g/mol. The van der Waals surface area contributed by atoms with Crippen molar-refractivity contribution in [2.45, 2.75) is 26.7 Å². The van der Waals surface area contributed by atoms with E-state index in [4.69, 9.17) is 5.11 Å². The van der Waals surface area contributed by atoms with Gasteiger partial charge in [-0.25, -0.2) is 0 Å². The number of carbonyl (C=O) groups excluding carboxylic acids is 2. The fourth-order valence-electron chi connectivity index (χ4n) is 1.58. The van der Waals surface area contributed by atoms with Gasteiger partial charge in [-0.2, -0.15) is 0 Å². The third-order valence-corrected chi connectivity index (χ3v) is 2.53. The Balaban J connectivity index is 2.65. The molecule has 0 aromatic carbocycles. The molecule has 0 radical (unpaired) electrons. The number of nitrogens with zero attached hydrogens (tertiary/aromatic N) is 1. The average molecular weight is 213 g/mol. The van der Waals surface area contributed by atoms with Gasteiger partial charge in [0.15, 0.2) is 0 Å². The molecule has 1 aliphatic rings. The molecule has 1 fully saturated rings. The van der Waals surface area contributed by atoms with Crippen molar-refractivity contribution in [3.63, 3.8) is 0 Å². The Morgan fingerprint density at radius 2 is 1.93 bits per heavy atom. The van der Waals surface area contributed by atoms with Crippen LogP contribution in [0, 0.1) is 11.8 Å². The predicted molar refractivity (Wildman–Crippen MR) is 51.9 cm³/mol. The van der Waals surface area contributed by atoms with E-state index in [9.17, 15) is 14.4 Å². The predicted octanol–water partition coefficient (Wildman–Crippen LogP) is 0.492. The molecule has 5 heteroatoms. The van der Waals surface area contributed by atoms with E-state index >= 15 is 0 Å². The molecule has 1 aliphatic heterocycles. The number of carbonyl (C=O) groups is 3. The first-order valence-electron chi connectivity index (χ1n) is 4.97. The normalized spacial score (nSPS) is 20.5. The van der Waals surface area contributed by atoms with Crippen LogP contribution < -0.4 is 0 Å². The molecule has 1 N–H and O–H groups in total. The Kier molecular flexibility index (Phi) is 3.44. The molecule has 0 aromatic heterocycles. The summed E-state index contributed by atoms with van der Waals surface area (Å²) < 4.78 is 0. The van der Waals surface area contributed by atoms with Crippen molar-refractivity contribution in [2.24, 2.45) is 11.8 Å². The molecule has 1 unspecified atom stereocenters. The van der Waals surface area contributed by atoms with Gasteiger partial charge in [0.25, 0.3) is 0 Å². The zero-order valence-electron chi connectivity index (χ0n) is 8.90. The van der Waals surface area contributed by atoms with Crippen molar-refractivity contribution in [2.75, 3.05) is 6.54 Å². The van der Waals surface area contributed by atoms with Gasteiger partial charge in [-0.3, -0.25) is 19.3 Å².